The van der Waals surface area contributed by atoms with Crippen molar-refractivity contribution in [2.45, 2.75) is 25.6 Å². The van der Waals surface area contributed by atoms with Gasteiger partial charge in [-0.1, -0.05) is 23.3 Å². The normalized spacial score (nSPS) is 15.4. The number of carbonyl (C=O) groups excluding carboxylic acids is 2. The summed E-state index contributed by atoms with van der Waals surface area (Å²) in [6.45, 7) is 4.31. The van der Waals surface area contributed by atoms with Crippen LogP contribution in [0.2, 0.25) is 0 Å². The third-order valence-corrected chi connectivity index (χ3v) is 6.66. The number of aromatic nitrogens is 2. The van der Waals surface area contributed by atoms with E-state index in [1.165, 1.54) is 23.6 Å². The van der Waals surface area contributed by atoms with Crippen LogP contribution in [0.25, 0.3) is 0 Å². The average Bonchev–Trinajstić information content (AvgIpc) is 3.51. The molecule has 0 aliphatic carbocycles. The van der Waals surface area contributed by atoms with Crippen molar-refractivity contribution in [3.05, 3.63) is 69.9 Å². The van der Waals surface area contributed by atoms with E-state index in [1.54, 1.807) is 12.1 Å². The van der Waals surface area contributed by atoms with Gasteiger partial charge in [0.25, 0.3) is 5.91 Å². The summed E-state index contributed by atoms with van der Waals surface area (Å²) in [5.41, 5.74) is 0.634. The molecule has 13 heteroatoms. The predicted molar refractivity (Wildman–Crippen MR) is 141 cm³/mol. The van der Waals surface area contributed by atoms with Crippen molar-refractivity contribution in [1.29, 1.82) is 0 Å². The van der Waals surface area contributed by atoms with Crippen molar-refractivity contribution in [2.75, 3.05) is 36.8 Å². The smallest absolute Gasteiger partial charge is 0.392 e. The van der Waals surface area contributed by atoms with Gasteiger partial charge in [-0.3, -0.25) is 15.0 Å². The highest BCUT2D eigenvalue weighted by Gasteiger charge is 2.31. The first kappa shape index (κ1) is 28.0. The fraction of sp³-hybridized carbons (Fsp3) is 0.308. The lowest BCUT2D eigenvalue weighted by Crippen LogP contribution is -2.36. The fourth-order valence-corrected chi connectivity index (χ4v) is 4.43. The standard InChI is InChI=1S/C26H25F3N6O3S/c1-16-2-3-18(23(37)33-22-13-19(6-8-30-22)26(27,28)29)12-17(16)4-5-21-14-32-25(39-21)34-24(38)31-9-11-35-10-7-20(36)15-35/h2-3,6,8,12-14,20,36H,7,9-11,15H2,1H3,(H,30,33,37)(H2,31,32,34,38). The molecule has 1 aliphatic rings. The molecule has 3 aromatic rings. The number of aryl methyl sites for hydroxylation is 1. The fourth-order valence-electron chi connectivity index (χ4n) is 3.76. The Morgan fingerprint density at radius 3 is 2.74 bits per heavy atom. The van der Waals surface area contributed by atoms with Crippen LogP contribution in [-0.4, -0.2) is 64.2 Å². The molecule has 39 heavy (non-hydrogen) atoms. The number of pyridine rings is 1. The maximum Gasteiger partial charge on any atom is 0.416 e. The summed E-state index contributed by atoms with van der Waals surface area (Å²) < 4.78 is 38.8. The van der Waals surface area contributed by atoms with Gasteiger partial charge < -0.3 is 15.7 Å². The number of carbonyl (C=O) groups is 2. The van der Waals surface area contributed by atoms with Crippen molar-refractivity contribution >= 4 is 34.2 Å². The molecule has 4 N–H and O–H groups in total. The number of β-amino-alcohol motifs (C(OH)–C–C–N with tert-alkyl or cyclic N) is 1. The number of amides is 3. The van der Waals surface area contributed by atoms with Crippen molar-refractivity contribution in [3.8, 4) is 11.8 Å². The maximum atomic E-state index is 12.9. The minimum absolute atomic E-state index is 0.205. The zero-order valence-corrected chi connectivity index (χ0v) is 21.6. The largest absolute Gasteiger partial charge is 0.416 e. The highest BCUT2D eigenvalue weighted by Crippen LogP contribution is 2.30. The zero-order chi connectivity index (χ0) is 28.0. The average molecular weight is 559 g/mol. The first-order chi connectivity index (χ1) is 18.6. The van der Waals surface area contributed by atoms with Crippen LogP contribution in [0.5, 0.6) is 0 Å². The Hall–Kier alpha value is -3.99. The zero-order valence-electron chi connectivity index (χ0n) is 20.8. The molecule has 1 atom stereocenters. The van der Waals surface area contributed by atoms with Crippen molar-refractivity contribution < 1.29 is 27.9 Å². The summed E-state index contributed by atoms with van der Waals surface area (Å²) in [4.78, 5) is 35.4. The quantitative estimate of drug-likeness (QED) is 0.343. The van der Waals surface area contributed by atoms with Gasteiger partial charge in [-0.15, -0.1) is 0 Å². The van der Waals surface area contributed by atoms with E-state index in [2.05, 4.69) is 42.7 Å². The van der Waals surface area contributed by atoms with Crippen LogP contribution in [-0.2, 0) is 6.18 Å². The summed E-state index contributed by atoms with van der Waals surface area (Å²) in [7, 11) is 0. The number of nitrogens with one attached hydrogen (secondary N) is 3. The van der Waals surface area contributed by atoms with Gasteiger partial charge in [0, 0.05) is 43.5 Å². The molecule has 3 heterocycles. The molecule has 0 bridgehead atoms. The number of likely N-dealkylation sites (tertiary alicyclic amines) is 1. The molecule has 3 amide bonds. The Bertz CT molecular complexity index is 1420. The van der Waals surface area contributed by atoms with E-state index in [4.69, 9.17) is 0 Å². The molecule has 4 rings (SSSR count). The number of anilines is 2. The van der Waals surface area contributed by atoms with E-state index in [0.717, 1.165) is 36.9 Å². The number of aliphatic hydroxyl groups excluding tert-OH is 1. The van der Waals surface area contributed by atoms with Crippen LogP contribution in [0.15, 0.2) is 42.7 Å². The molecular weight excluding hydrogens is 533 g/mol. The minimum atomic E-state index is -4.55. The molecule has 1 aromatic carbocycles. The Morgan fingerprint density at radius 1 is 1.18 bits per heavy atom. The number of benzene rings is 1. The van der Waals surface area contributed by atoms with Gasteiger partial charge >= 0.3 is 12.2 Å². The van der Waals surface area contributed by atoms with E-state index >= 15 is 0 Å². The van der Waals surface area contributed by atoms with Crippen LogP contribution < -0.4 is 16.0 Å². The number of thiazole rings is 1. The predicted octanol–water partition coefficient (Wildman–Crippen LogP) is 3.71. The van der Waals surface area contributed by atoms with Gasteiger partial charge in [-0.05, 0) is 49.1 Å². The summed E-state index contributed by atoms with van der Waals surface area (Å²) in [5, 5.41) is 17.7. The number of urea groups is 1. The van der Waals surface area contributed by atoms with E-state index in [-0.39, 0.29) is 17.5 Å². The third-order valence-electron chi connectivity index (χ3n) is 5.84. The first-order valence-corrected chi connectivity index (χ1v) is 12.8. The number of hydrogen-bond donors (Lipinski definition) is 4. The van der Waals surface area contributed by atoms with Crippen LogP contribution in [0.3, 0.4) is 0 Å². The summed E-state index contributed by atoms with van der Waals surface area (Å²) in [5.74, 6) is 5.09. The number of aliphatic hydroxyl groups is 1. The Morgan fingerprint density at radius 2 is 2.00 bits per heavy atom. The van der Waals surface area contributed by atoms with Crippen molar-refractivity contribution in [2.24, 2.45) is 0 Å². The molecular formula is C26H25F3N6O3S. The number of nitrogens with zero attached hydrogens (tertiary/aromatic N) is 3. The first-order valence-electron chi connectivity index (χ1n) is 12.0. The molecule has 1 fully saturated rings. The van der Waals surface area contributed by atoms with Crippen molar-refractivity contribution in [3.63, 3.8) is 0 Å². The molecule has 2 aromatic heterocycles. The third kappa shape index (κ3) is 8.00. The number of halogens is 3. The lowest BCUT2D eigenvalue weighted by molar-refractivity contribution is -0.137. The maximum absolute atomic E-state index is 12.9. The molecule has 0 radical (unpaired) electrons. The lowest BCUT2D eigenvalue weighted by Gasteiger charge is -2.14. The highest BCUT2D eigenvalue weighted by atomic mass is 32.1. The lowest BCUT2D eigenvalue weighted by atomic mass is 10.0. The van der Waals surface area contributed by atoms with Gasteiger partial charge in [0.15, 0.2) is 5.13 Å². The second kappa shape index (κ2) is 12.2. The second-order valence-electron chi connectivity index (χ2n) is 8.82. The molecule has 0 spiro atoms. The molecule has 1 aliphatic heterocycles. The topological polar surface area (TPSA) is 119 Å². The molecule has 0 saturated carbocycles. The number of rotatable bonds is 6. The van der Waals surface area contributed by atoms with Gasteiger partial charge in [0.2, 0.25) is 0 Å². The highest BCUT2D eigenvalue weighted by molar-refractivity contribution is 7.16. The van der Waals surface area contributed by atoms with E-state index in [9.17, 15) is 27.9 Å². The van der Waals surface area contributed by atoms with Gasteiger partial charge in [0.1, 0.15) is 5.82 Å². The Balaban J connectivity index is 1.34. The molecule has 204 valence electrons. The van der Waals surface area contributed by atoms with Gasteiger partial charge in [0.05, 0.1) is 22.7 Å². The summed E-state index contributed by atoms with van der Waals surface area (Å²) in [6, 6.07) is 5.96. The Kier molecular flexibility index (Phi) is 8.80. The second-order valence-corrected chi connectivity index (χ2v) is 9.85. The van der Waals surface area contributed by atoms with E-state index in [0.29, 0.717) is 35.2 Å². The van der Waals surface area contributed by atoms with Gasteiger partial charge in [-0.2, -0.15) is 13.2 Å². The Labute approximate surface area is 226 Å². The van der Waals surface area contributed by atoms with Crippen LogP contribution in [0, 0.1) is 18.8 Å². The van der Waals surface area contributed by atoms with E-state index < -0.39 is 23.7 Å². The van der Waals surface area contributed by atoms with Crippen LogP contribution >= 0.6 is 11.3 Å². The van der Waals surface area contributed by atoms with E-state index in [1.807, 2.05) is 6.92 Å². The number of hydrogen-bond acceptors (Lipinski definition) is 7. The summed E-state index contributed by atoms with van der Waals surface area (Å²) >= 11 is 1.18. The van der Waals surface area contributed by atoms with Crippen molar-refractivity contribution in [1.82, 2.24) is 20.2 Å². The van der Waals surface area contributed by atoms with Crippen LogP contribution in [0.4, 0.5) is 28.9 Å². The molecule has 1 saturated heterocycles. The monoisotopic (exact) mass is 558 g/mol. The number of alkyl halides is 3. The van der Waals surface area contributed by atoms with Gasteiger partial charge in [-0.25, -0.2) is 14.8 Å². The minimum Gasteiger partial charge on any atom is -0.392 e. The SMILES string of the molecule is Cc1ccc(C(=O)Nc2cc(C(F)(F)F)ccn2)cc1C#Cc1cnc(NC(=O)NCCN2CCC(O)C2)s1. The molecule has 1 unspecified atom stereocenters. The van der Waals surface area contributed by atoms with Crippen LogP contribution in [0.1, 0.15) is 38.3 Å². The summed E-state index contributed by atoms with van der Waals surface area (Å²) in [6.07, 6.45) is -1.62. The molecule has 9 nitrogen and oxygen atoms in total.